The Labute approximate surface area is 93.3 Å². The van der Waals surface area contributed by atoms with Crippen molar-refractivity contribution in [3.63, 3.8) is 0 Å². The minimum atomic E-state index is -1.13. The largest absolute Gasteiger partial charge is 0.479 e. The summed E-state index contributed by atoms with van der Waals surface area (Å²) in [4.78, 5) is 21.8. The van der Waals surface area contributed by atoms with E-state index in [1.54, 1.807) is 0 Å². The lowest BCUT2D eigenvalue weighted by Crippen LogP contribution is -2.55. The lowest BCUT2D eigenvalue weighted by atomic mass is 9.78. The van der Waals surface area contributed by atoms with Crippen molar-refractivity contribution in [2.45, 2.75) is 24.8 Å². The van der Waals surface area contributed by atoms with E-state index in [9.17, 15) is 14.7 Å². The molecule has 16 heavy (non-hydrogen) atoms. The molecule has 0 heterocycles. The number of rotatable bonds is 3. The second-order valence-corrected chi connectivity index (χ2v) is 4.09. The van der Waals surface area contributed by atoms with Crippen LogP contribution in [0.1, 0.15) is 17.5 Å². The summed E-state index contributed by atoms with van der Waals surface area (Å²) in [6.07, 6.45) is 1.96. The monoisotopic (exact) mass is 219 g/mol. The number of nitrogens with one attached hydrogen (secondary N) is 1. The van der Waals surface area contributed by atoms with Crippen LogP contribution in [0.15, 0.2) is 24.3 Å². The van der Waals surface area contributed by atoms with Gasteiger partial charge in [0.25, 0.3) is 0 Å². The average Bonchev–Trinajstić information content (AvgIpc) is 2.29. The van der Waals surface area contributed by atoms with Crippen LogP contribution in [-0.2, 0) is 22.4 Å². The van der Waals surface area contributed by atoms with Gasteiger partial charge < -0.3 is 10.4 Å². The molecule has 4 heteroatoms. The first kappa shape index (κ1) is 10.7. The van der Waals surface area contributed by atoms with Gasteiger partial charge in [0.1, 0.15) is 5.54 Å². The molecule has 0 aliphatic heterocycles. The fraction of sp³-hybridized carbons (Fsp3) is 0.333. The molecule has 1 aliphatic rings. The number of fused-ring (bicyclic) bond motifs is 1. The lowest BCUT2D eigenvalue weighted by molar-refractivity contribution is -0.146. The van der Waals surface area contributed by atoms with Gasteiger partial charge in [-0.25, -0.2) is 4.79 Å². The number of carbonyl (C=O) groups is 2. The van der Waals surface area contributed by atoms with Crippen LogP contribution in [0.2, 0.25) is 0 Å². The normalized spacial score (nSPS) is 23.2. The molecule has 1 aliphatic carbocycles. The van der Waals surface area contributed by atoms with Gasteiger partial charge >= 0.3 is 5.97 Å². The van der Waals surface area contributed by atoms with Gasteiger partial charge in [-0.1, -0.05) is 24.3 Å². The highest BCUT2D eigenvalue weighted by Crippen LogP contribution is 2.28. The van der Waals surface area contributed by atoms with Crippen LogP contribution >= 0.6 is 0 Å². The van der Waals surface area contributed by atoms with Crippen molar-refractivity contribution in [3.05, 3.63) is 35.4 Å². The van der Waals surface area contributed by atoms with Crippen LogP contribution in [0, 0.1) is 0 Å². The number of aryl methyl sites for hydroxylation is 1. The Morgan fingerprint density at radius 3 is 2.69 bits per heavy atom. The Morgan fingerprint density at radius 2 is 2.06 bits per heavy atom. The van der Waals surface area contributed by atoms with Crippen molar-refractivity contribution in [1.29, 1.82) is 0 Å². The van der Waals surface area contributed by atoms with Gasteiger partial charge in [0.05, 0.1) is 0 Å². The number of amides is 1. The standard InChI is InChI=1S/C12H13NO3/c14-8-13-12(11(15)16)6-5-9-3-1-2-4-10(9)7-12/h1-4,8H,5-7H2,(H,13,14)(H,15,16). The summed E-state index contributed by atoms with van der Waals surface area (Å²) in [5.41, 5.74) is 1.05. The van der Waals surface area contributed by atoms with E-state index in [1.165, 1.54) is 5.56 Å². The molecule has 2 N–H and O–H groups in total. The van der Waals surface area contributed by atoms with E-state index in [-0.39, 0.29) is 0 Å². The molecule has 0 bridgehead atoms. The van der Waals surface area contributed by atoms with Crippen LogP contribution in [0.4, 0.5) is 0 Å². The first-order valence-electron chi connectivity index (χ1n) is 5.19. The van der Waals surface area contributed by atoms with E-state index in [4.69, 9.17) is 0 Å². The topological polar surface area (TPSA) is 66.4 Å². The van der Waals surface area contributed by atoms with E-state index in [0.717, 1.165) is 5.56 Å². The molecule has 0 aromatic heterocycles. The summed E-state index contributed by atoms with van der Waals surface area (Å²) >= 11 is 0. The fourth-order valence-corrected chi connectivity index (χ4v) is 2.22. The maximum Gasteiger partial charge on any atom is 0.329 e. The Kier molecular flexibility index (Phi) is 2.64. The highest BCUT2D eigenvalue weighted by molar-refractivity contribution is 5.82. The van der Waals surface area contributed by atoms with Crippen molar-refractivity contribution in [3.8, 4) is 0 Å². The minimum absolute atomic E-state index is 0.358. The molecule has 1 aromatic rings. The fourth-order valence-electron chi connectivity index (χ4n) is 2.22. The van der Waals surface area contributed by atoms with E-state index in [1.807, 2.05) is 24.3 Å². The van der Waals surface area contributed by atoms with Crippen LogP contribution in [0.5, 0.6) is 0 Å². The molecule has 1 aromatic carbocycles. The highest BCUT2D eigenvalue weighted by Gasteiger charge is 2.40. The maximum atomic E-state index is 11.3. The van der Waals surface area contributed by atoms with E-state index in [2.05, 4.69) is 5.32 Å². The Morgan fingerprint density at radius 1 is 1.38 bits per heavy atom. The molecule has 0 spiro atoms. The van der Waals surface area contributed by atoms with Gasteiger partial charge in [0.15, 0.2) is 0 Å². The van der Waals surface area contributed by atoms with Crippen LogP contribution < -0.4 is 5.32 Å². The third kappa shape index (κ3) is 1.66. The second kappa shape index (κ2) is 3.96. The first-order chi connectivity index (χ1) is 7.68. The summed E-state index contributed by atoms with van der Waals surface area (Å²) in [7, 11) is 0. The van der Waals surface area contributed by atoms with E-state index >= 15 is 0 Å². The Balaban J connectivity index is 2.34. The zero-order valence-electron chi connectivity index (χ0n) is 8.77. The molecular formula is C12H13NO3. The van der Waals surface area contributed by atoms with Gasteiger partial charge in [-0.15, -0.1) is 0 Å². The van der Waals surface area contributed by atoms with Crippen LogP contribution in [-0.4, -0.2) is 23.0 Å². The zero-order chi connectivity index (χ0) is 11.6. The van der Waals surface area contributed by atoms with Gasteiger partial charge in [-0.05, 0) is 24.0 Å². The predicted molar refractivity (Wildman–Crippen MR) is 58.0 cm³/mol. The first-order valence-corrected chi connectivity index (χ1v) is 5.19. The van der Waals surface area contributed by atoms with E-state index in [0.29, 0.717) is 25.7 Å². The summed E-state index contributed by atoms with van der Waals surface area (Å²) < 4.78 is 0. The third-order valence-corrected chi connectivity index (χ3v) is 3.18. The molecule has 0 saturated heterocycles. The summed E-state index contributed by atoms with van der Waals surface area (Å²) in [6, 6.07) is 7.75. The molecule has 0 saturated carbocycles. The smallest absolute Gasteiger partial charge is 0.329 e. The van der Waals surface area contributed by atoms with Crippen molar-refractivity contribution in [1.82, 2.24) is 5.32 Å². The zero-order valence-corrected chi connectivity index (χ0v) is 8.77. The number of carbonyl (C=O) groups excluding carboxylic acids is 1. The lowest BCUT2D eigenvalue weighted by Gasteiger charge is -2.33. The molecule has 4 nitrogen and oxygen atoms in total. The summed E-state index contributed by atoms with van der Waals surface area (Å²) in [6.45, 7) is 0. The average molecular weight is 219 g/mol. The van der Waals surface area contributed by atoms with Crippen LogP contribution in [0.3, 0.4) is 0 Å². The van der Waals surface area contributed by atoms with Crippen molar-refractivity contribution in [2.24, 2.45) is 0 Å². The SMILES string of the molecule is O=CNC1(C(=O)O)CCc2ccccc2C1. The molecule has 1 atom stereocenters. The van der Waals surface area contributed by atoms with Gasteiger partial charge in [-0.2, -0.15) is 0 Å². The predicted octanol–water partition coefficient (Wildman–Crippen LogP) is 0.745. The number of carboxylic acid groups (broad SMARTS) is 1. The molecule has 0 fully saturated rings. The summed E-state index contributed by atoms with van der Waals surface area (Å²) in [5, 5.41) is 11.7. The third-order valence-electron chi connectivity index (χ3n) is 3.18. The number of hydrogen-bond donors (Lipinski definition) is 2. The number of aliphatic carboxylic acids is 1. The Bertz CT molecular complexity index is 430. The molecule has 1 amide bonds. The highest BCUT2D eigenvalue weighted by atomic mass is 16.4. The molecule has 2 rings (SSSR count). The second-order valence-electron chi connectivity index (χ2n) is 4.09. The quantitative estimate of drug-likeness (QED) is 0.737. The molecule has 0 radical (unpaired) electrons. The molecule has 84 valence electrons. The van der Waals surface area contributed by atoms with E-state index < -0.39 is 11.5 Å². The maximum absolute atomic E-state index is 11.3. The van der Waals surface area contributed by atoms with Crippen molar-refractivity contribution < 1.29 is 14.7 Å². The van der Waals surface area contributed by atoms with Crippen LogP contribution in [0.25, 0.3) is 0 Å². The summed E-state index contributed by atoms with van der Waals surface area (Å²) in [5.74, 6) is -0.964. The van der Waals surface area contributed by atoms with Crippen molar-refractivity contribution >= 4 is 12.4 Å². The molecular weight excluding hydrogens is 206 g/mol. The van der Waals surface area contributed by atoms with Gasteiger partial charge in [-0.3, -0.25) is 4.79 Å². The Hall–Kier alpha value is -1.84. The number of hydrogen-bond acceptors (Lipinski definition) is 2. The van der Waals surface area contributed by atoms with Gasteiger partial charge in [0.2, 0.25) is 6.41 Å². The number of carboxylic acids is 1. The minimum Gasteiger partial charge on any atom is -0.479 e. The van der Waals surface area contributed by atoms with Crippen molar-refractivity contribution in [2.75, 3.05) is 0 Å². The molecule has 1 unspecified atom stereocenters. The van der Waals surface area contributed by atoms with Gasteiger partial charge in [0, 0.05) is 6.42 Å². The number of benzene rings is 1.